The number of rotatable bonds is 8. The molecule has 168 valence electrons. The lowest BCUT2D eigenvalue weighted by molar-refractivity contribution is -0.152. The largest absolute Gasteiger partial charge is 0.454 e. The Kier molecular flexibility index (Phi) is 7.08. The van der Waals surface area contributed by atoms with Crippen LogP contribution in [0.3, 0.4) is 0 Å². The van der Waals surface area contributed by atoms with Crippen LogP contribution in [0.2, 0.25) is 0 Å². The fraction of sp³-hybridized carbons (Fsp3) is 0.360. The molecule has 0 aromatic heterocycles. The van der Waals surface area contributed by atoms with E-state index in [1.165, 1.54) is 0 Å². The number of ether oxygens (including phenoxy) is 1. The minimum absolute atomic E-state index is 0.261. The molecular weight excluding hydrogens is 408 g/mol. The average Bonchev–Trinajstić information content (AvgIpc) is 3.03. The van der Waals surface area contributed by atoms with Crippen LogP contribution in [0, 0.1) is 5.92 Å². The van der Waals surface area contributed by atoms with E-state index < -0.39 is 36.3 Å². The number of anilines is 1. The molecule has 0 saturated heterocycles. The maximum Gasteiger partial charge on any atom is 0.330 e. The van der Waals surface area contributed by atoms with Crippen LogP contribution in [-0.4, -0.2) is 41.2 Å². The second kappa shape index (κ2) is 9.77. The predicted octanol–water partition coefficient (Wildman–Crippen LogP) is 3.61. The van der Waals surface area contributed by atoms with Crippen molar-refractivity contribution in [3.05, 3.63) is 64.7 Å². The van der Waals surface area contributed by atoms with Crippen molar-refractivity contribution >= 4 is 29.4 Å². The standard InChI is InChI=1S/C25H28N2O5/c1-5-16-10-9-11-17(6-2)21(16)26-20(28)14-32-25(31)22(15(3)4)27-23(29)18-12-7-8-13-19(18)24(27)30/h7-13,15,22H,5-6,14H2,1-4H3,(H,26,28)/t22-/m0/s1. The highest BCUT2D eigenvalue weighted by Gasteiger charge is 2.44. The number of fused-ring (bicyclic) bond motifs is 1. The Morgan fingerprint density at radius 3 is 1.91 bits per heavy atom. The first-order valence-electron chi connectivity index (χ1n) is 10.8. The molecule has 7 nitrogen and oxygen atoms in total. The number of imide groups is 1. The Morgan fingerprint density at radius 2 is 1.44 bits per heavy atom. The van der Waals surface area contributed by atoms with Crippen molar-refractivity contribution in [3.8, 4) is 0 Å². The monoisotopic (exact) mass is 436 g/mol. The quantitative estimate of drug-likeness (QED) is 0.504. The van der Waals surface area contributed by atoms with Gasteiger partial charge in [0.2, 0.25) is 0 Å². The van der Waals surface area contributed by atoms with Crippen LogP contribution in [0.4, 0.5) is 5.69 Å². The summed E-state index contributed by atoms with van der Waals surface area (Å²) >= 11 is 0. The van der Waals surface area contributed by atoms with Crippen molar-refractivity contribution in [1.82, 2.24) is 4.90 Å². The number of carbonyl (C=O) groups is 4. The van der Waals surface area contributed by atoms with Gasteiger partial charge in [-0.15, -0.1) is 0 Å². The highest BCUT2D eigenvalue weighted by Crippen LogP contribution is 2.28. The zero-order valence-corrected chi connectivity index (χ0v) is 18.8. The summed E-state index contributed by atoms with van der Waals surface area (Å²) in [6, 6.07) is 11.2. The lowest BCUT2D eigenvalue weighted by Crippen LogP contribution is -2.49. The molecule has 0 radical (unpaired) electrons. The van der Waals surface area contributed by atoms with E-state index in [4.69, 9.17) is 4.74 Å². The summed E-state index contributed by atoms with van der Waals surface area (Å²) in [5, 5.41) is 2.84. The molecule has 3 amide bonds. The third kappa shape index (κ3) is 4.42. The second-order valence-corrected chi connectivity index (χ2v) is 8.03. The Bertz CT molecular complexity index is 1000. The molecule has 3 rings (SSSR count). The number of para-hydroxylation sites is 1. The van der Waals surface area contributed by atoms with Gasteiger partial charge in [0.05, 0.1) is 11.1 Å². The summed E-state index contributed by atoms with van der Waals surface area (Å²) in [6.45, 7) is 6.94. The summed E-state index contributed by atoms with van der Waals surface area (Å²) in [6.07, 6.45) is 1.50. The van der Waals surface area contributed by atoms with Gasteiger partial charge in [0.15, 0.2) is 6.61 Å². The molecule has 0 unspecified atom stereocenters. The molecule has 1 heterocycles. The number of carbonyl (C=O) groups excluding carboxylic acids is 4. The molecule has 2 aromatic carbocycles. The first kappa shape index (κ1) is 23.2. The molecule has 2 aromatic rings. The van der Waals surface area contributed by atoms with Crippen molar-refractivity contribution in [2.75, 3.05) is 11.9 Å². The van der Waals surface area contributed by atoms with Crippen LogP contribution in [0.1, 0.15) is 59.5 Å². The first-order chi connectivity index (χ1) is 15.3. The van der Waals surface area contributed by atoms with Crippen LogP contribution in [0.25, 0.3) is 0 Å². The molecule has 7 heteroatoms. The summed E-state index contributed by atoms with van der Waals surface area (Å²) in [5.74, 6) is -2.71. The molecule has 1 atom stereocenters. The third-order valence-corrected chi connectivity index (χ3v) is 5.59. The fourth-order valence-electron chi connectivity index (χ4n) is 3.94. The second-order valence-electron chi connectivity index (χ2n) is 8.03. The lowest BCUT2D eigenvalue weighted by Gasteiger charge is -2.27. The lowest BCUT2D eigenvalue weighted by atomic mass is 10.0. The Morgan fingerprint density at radius 1 is 0.906 bits per heavy atom. The SMILES string of the molecule is CCc1cccc(CC)c1NC(=O)COC(=O)[C@H](C(C)C)N1C(=O)c2ccccc2C1=O. The number of amides is 3. The van der Waals surface area contributed by atoms with Crippen molar-refractivity contribution in [1.29, 1.82) is 0 Å². The zero-order valence-electron chi connectivity index (χ0n) is 18.8. The van der Waals surface area contributed by atoms with E-state index in [0.29, 0.717) is 0 Å². The van der Waals surface area contributed by atoms with Gasteiger partial charge in [0.1, 0.15) is 6.04 Å². The fourth-order valence-corrected chi connectivity index (χ4v) is 3.94. The van der Waals surface area contributed by atoms with E-state index in [1.54, 1.807) is 38.1 Å². The molecule has 0 fully saturated rings. The molecule has 0 spiro atoms. The van der Waals surface area contributed by atoms with E-state index in [0.717, 1.165) is 34.6 Å². The van der Waals surface area contributed by atoms with E-state index in [9.17, 15) is 19.2 Å². The summed E-state index contributed by atoms with van der Waals surface area (Å²) in [5.41, 5.74) is 3.25. The molecular formula is C25H28N2O5. The van der Waals surface area contributed by atoms with Crippen LogP contribution in [-0.2, 0) is 27.2 Å². The number of aryl methyl sites for hydroxylation is 2. The topological polar surface area (TPSA) is 92.8 Å². The smallest absolute Gasteiger partial charge is 0.330 e. The highest BCUT2D eigenvalue weighted by atomic mass is 16.5. The maximum absolute atomic E-state index is 12.9. The van der Waals surface area contributed by atoms with E-state index in [1.807, 2.05) is 32.0 Å². The maximum atomic E-state index is 12.9. The molecule has 32 heavy (non-hydrogen) atoms. The van der Waals surface area contributed by atoms with Crippen LogP contribution < -0.4 is 5.32 Å². The molecule has 1 N–H and O–H groups in total. The van der Waals surface area contributed by atoms with Gasteiger partial charge in [-0.05, 0) is 42.0 Å². The molecule has 0 saturated carbocycles. The van der Waals surface area contributed by atoms with Gasteiger partial charge in [-0.3, -0.25) is 19.3 Å². The van der Waals surface area contributed by atoms with Crippen molar-refractivity contribution in [2.24, 2.45) is 5.92 Å². The minimum atomic E-state index is -1.12. The van der Waals surface area contributed by atoms with Gasteiger partial charge in [-0.2, -0.15) is 0 Å². The normalized spacial score (nSPS) is 13.8. The number of benzene rings is 2. The Balaban J connectivity index is 1.72. The predicted molar refractivity (Wildman–Crippen MR) is 120 cm³/mol. The van der Waals surface area contributed by atoms with E-state index in [2.05, 4.69) is 5.32 Å². The van der Waals surface area contributed by atoms with Gasteiger partial charge in [0.25, 0.3) is 17.7 Å². The average molecular weight is 437 g/mol. The molecule has 1 aliphatic heterocycles. The van der Waals surface area contributed by atoms with E-state index in [-0.39, 0.29) is 17.0 Å². The molecule has 1 aliphatic rings. The highest BCUT2D eigenvalue weighted by molar-refractivity contribution is 6.22. The van der Waals surface area contributed by atoms with Crippen molar-refractivity contribution in [3.63, 3.8) is 0 Å². The molecule has 0 bridgehead atoms. The van der Waals surface area contributed by atoms with Gasteiger partial charge in [-0.25, -0.2) is 4.79 Å². The first-order valence-corrected chi connectivity index (χ1v) is 10.8. The number of esters is 1. The van der Waals surface area contributed by atoms with Crippen molar-refractivity contribution in [2.45, 2.75) is 46.6 Å². The number of hydrogen-bond acceptors (Lipinski definition) is 5. The number of nitrogens with zero attached hydrogens (tertiary/aromatic N) is 1. The van der Waals surface area contributed by atoms with Crippen LogP contribution in [0.15, 0.2) is 42.5 Å². The van der Waals surface area contributed by atoms with Gasteiger partial charge >= 0.3 is 5.97 Å². The third-order valence-electron chi connectivity index (χ3n) is 5.59. The van der Waals surface area contributed by atoms with Crippen LogP contribution in [0.5, 0.6) is 0 Å². The Labute approximate surface area is 187 Å². The Hall–Kier alpha value is -3.48. The van der Waals surface area contributed by atoms with Crippen LogP contribution >= 0.6 is 0 Å². The van der Waals surface area contributed by atoms with Crippen molar-refractivity contribution < 1.29 is 23.9 Å². The summed E-state index contributed by atoms with van der Waals surface area (Å²) in [7, 11) is 0. The van der Waals surface area contributed by atoms with E-state index >= 15 is 0 Å². The summed E-state index contributed by atoms with van der Waals surface area (Å²) in [4.78, 5) is 51.9. The van der Waals surface area contributed by atoms with Gasteiger partial charge in [0, 0.05) is 5.69 Å². The zero-order chi connectivity index (χ0) is 23.4. The summed E-state index contributed by atoms with van der Waals surface area (Å²) < 4.78 is 5.26. The minimum Gasteiger partial charge on any atom is -0.454 e. The number of hydrogen-bond donors (Lipinski definition) is 1. The number of nitrogens with one attached hydrogen (secondary N) is 1. The van der Waals surface area contributed by atoms with Gasteiger partial charge < -0.3 is 10.1 Å². The van der Waals surface area contributed by atoms with Gasteiger partial charge in [-0.1, -0.05) is 58.0 Å². The molecule has 0 aliphatic carbocycles.